The van der Waals surface area contributed by atoms with Crippen molar-refractivity contribution in [2.45, 2.75) is 32.4 Å². The number of aryl methyl sites for hydroxylation is 2. The van der Waals surface area contributed by atoms with Crippen molar-refractivity contribution in [2.75, 3.05) is 19.0 Å². The highest BCUT2D eigenvalue weighted by atomic mass is 32.1. The average molecular weight is 419 g/mol. The van der Waals surface area contributed by atoms with E-state index in [-0.39, 0.29) is 6.04 Å². The van der Waals surface area contributed by atoms with Gasteiger partial charge in [0.25, 0.3) is 0 Å². The Morgan fingerprint density at radius 1 is 1.28 bits per heavy atom. The van der Waals surface area contributed by atoms with E-state index in [4.69, 9.17) is 9.47 Å². The normalized spacial score (nSPS) is 18.9. The molecule has 0 radical (unpaired) electrons. The van der Waals surface area contributed by atoms with Gasteiger partial charge in [0.15, 0.2) is 11.6 Å². The molecule has 0 bridgehead atoms. The Balaban J connectivity index is 1.72. The lowest BCUT2D eigenvalue weighted by Gasteiger charge is -2.21. The van der Waals surface area contributed by atoms with Crippen molar-refractivity contribution >= 4 is 33.3 Å². The summed E-state index contributed by atoms with van der Waals surface area (Å²) in [6.45, 7) is 4.08. The second-order valence-corrected chi connectivity index (χ2v) is 7.85. The topological polar surface area (TPSA) is 73.3 Å². The predicted molar refractivity (Wildman–Crippen MR) is 105 cm³/mol. The summed E-state index contributed by atoms with van der Waals surface area (Å²) in [4.78, 5) is 22.2. The summed E-state index contributed by atoms with van der Waals surface area (Å²) in [6, 6.07) is 3.58. The lowest BCUT2D eigenvalue weighted by atomic mass is 10.0. The molecule has 1 aliphatic heterocycles. The van der Waals surface area contributed by atoms with E-state index in [1.54, 1.807) is 6.92 Å². The molecule has 2 atom stereocenters. The second kappa shape index (κ2) is 7.64. The third kappa shape index (κ3) is 3.56. The van der Waals surface area contributed by atoms with Gasteiger partial charge in [-0.2, -0.15) is 0 Å². The number of aromatic nitrogens is 2. The van der Waals surface area contributed by atoms with E-state index in [2.05, 4.69) is 15.3 Å². The van der Waals surface area contributed by atoms with Crippen LogP contribution in [0.2, 0.25) is 0 Å². The molecule has 2 unspecified atom stereocenters. The number of thiophene rings is 1. The number of ether oxygens (including phenoxy) is 2. The maximum absolute atomic E-state index is 13.7. The molecule has 2 aromatic heterocycles. The van der Waals surface area contributed by atoms with Crippen molar-refractivity contribution < 1.29 is 23.0 Å². The smallest absolute Gasteiger partial charge is 0.348 e. The van der Waals surface area contributed by atoms with E-state index >= 15 is 0 Å². The molecule has 9 heteroatoms. The number of nitrogens with one attached hydrogen (secondary N) is 1. The number of nitrogens with zero attached hydrogens (tertiary/aromatic N) is 2. The fourth-order valence-corrected chi connectivity index (χ4v) is 4.71. The maximum Gasteiger partial charge on any atom is 0.348 e. The molecule has 4 rings (SSSR count). The molecule has 3 heterocycles. The van der Waals surface area contributed by atoms with Crippen LogP contribution in [0.25, 0.3) is 10.2 Å². The highest BCUT2D eigenvalue weighted by molar-refractivity contribution is 7.20. The van der Waals surface area contributed by atoms with Crippen molar-refractivity contribution in [1.29, 1.82) is 0 Å². The van der Waals surface area contributed by atoms with Crippen LogP contribution in [-0.4, -0.2) is 35.7 Å². The first-order chi connectivity index (χ1) is 13.9. The van der Waals surface area contributed by atoms with Crippen molar-refractivity contribution in [2.24, 2.45) is 0 Å². The fraction of sp³-hybridized carbons (Fsp3) is 0.350. The van der Waals surface area contributed by atoms with E-state index in [0.29, 0.717) is 39.9 Å². The number of methoxy groups -OCH3 is 1. The van der Waals surface area contributed by atoms with Crippen LogP contribution in [0.3, 0.4) is 0 Å². The third-order valence-electron chi connectivity index (χ3n) is 4.96. The van der Waals surface area contributed by atoms with Gasteiger partial charge in [0.1, 0.15) is 27.5 Å². The van der Waals surface area contributed by atoms with Crippen LogP contribution in [0.1, 0.15) is 39.1 Å². The van der Waals surface area contributed by atoms with Crippen LogP contribution < -0.4 is 5.32 Å². The molecule has 1 fully saturated rings. The second-order valence-electron chi connectivity index (χ2n) is 6.85. The number of carbonyl (C=O) groups is 1. The number of hydrogen-bond donors (Lipinski definition) is 1. The largest absolute Gasteiger partial charge is 0.465 e. The molecule has 1 aliphatic rings. The van der Waals surface area contributed by atoms with Gasteiger partial charge in [0.05, 0.1) is 18.5 Å². The highest BCUT2D eigenvalue weighted by Gasteiger charge is 2.32. The first-order valence-corrected chi connectivity index (χ1v) is 9.89. The van der Waals surface area contributed by atoms with Crippen LogP contribution in [0.5, 0.6) is 0 Å². The molecular formula is C20H19F2N3O3S. The van der Waals surface area contributed by atoms with Gasteiger partial charge in [-0.05, 0) is 43.5 Å². The van der Waals surface area contributed by atoms with E-state index in [1.807, 2.05) is 6.92 Å². The van der Waals surface area contributed by atoms with Gasteiger partial charge < -0.3 is 14.8 Å². The summed E-state index contributed by atoms with van der Waals surface area (Å²) in [5.41, 5.74) is 1.29. The Hall–Kier alpha value is -2.65. The number of anilines is 1. The number of rotatable bonds is 4. The minimum Gasteiger partial charge on any atom is -0.465 e. The molecule has 1 saturated heterocycles. The first-order valence-electron chi connectivity index (χ1n) is 9.08. The number of halogens is 2. The van der Waals surface area contributed by atoms with Crippen molar-refractivity contribution in [3.8, 4) is 0 Å². The van der Waals surface area contributed by atoms with Gasteiger partial charge in [-0.3, -0.25) is 0 Å². The molecular weight excluding hydrogens is 400 g/mol. The van der Waals surface area contributed by atoms with E-state index in [1.165, 1.54) is 24.5 Å². The van der Waals surface area contributed by atoms with Crippen LogP contribution in [-0.2, 0) is 9.47 Å². The molecule has 0 saturated carbocycles. The molecule has 6 nitrogen and oxygen atoms in total. The number of carbonyl (C=O) groups excluding carboxylic acids is 1. The average Bonchev–Trinajstić information content (AvgIpc) is 3.27. The van der Waals surface area contributed by atoms with E-state index < -0.39 is 23.7 Å². The zero-order valence-electron chi connectivity index (χ0n) is 16.1. The van der Waals surface area contributed by atoms with Crippen LogP contribution in [0.15, 0.2) is 18.2 Å². The molecule has 0 spiro atoms. The SMILES string of the molecule is COC(=O)c1sc2nc(C)nc(NC3CCOC3c3ccc(F)c(F)c3)c2c1C. The number of esters is 1. The van der Waals surface area contributed by atoms with Crippen LogP contribution >= 0.6 is 11.3 Å². The molecule has 0 amide bonds. The Labute approximate surface area is 169 Å². The molecule has 152 valence electrons. The Morgan fingerprint density at radius 3 is 2.79 bits per heavy atom. The lowest BCUT2D eigenvalue weighted by molar-refractivity contribution is 0.0605. The standard InChI is InChI=1S/C20H19F2N3O3S/c1-9-15-18(23-10(2)24-19(15)29-17(9)20(26)27-3)25-14-6-7-28-16(14)11-4-5-12(21)13(22)8-11/h4-5,8,14,16H,6-7H2,1-3H3,(H,23,24,25). The molecule has 3 aromatic rings. The van der Waals surface area contributed by atoms with E-state index in [9.17, 15) is 13.6 Å². The quantitative estimate of drug-likeness (QED) is 0.635. The summed E-state index contributed by atoms with van der Waals surface area (Å²) >= 11 is 1.26. The molecule has 0 aliphatic carbocycles. The molecule has 1 N–H and O–H groups in total. The van der Waals surface area contributed by atoms with Gasteiger partial charge in [-0.25, -0.2) is 23.5 Å². The van der Waals surface area contributed by atoms with Crippen LogP contribution in [0.4, 0.5) is 14.6 Å². The number of fused-ring (bicyclic) bond motifs is 1. The summed E-state index contributed by atoms with van der Waals surface area (Å²) in [6.07, 6.45) is 0.218. The lowest BCUT2D eigenvalue weighted by Crippen LogP contribution is -2.24. The fourth-order valence-electron chi connectivity index (χ4n) is 3.57. The third-order valence-corrected chi connectivity index (χ3v) is 6.12. The number of benzene rings is 1. The highest BCUT2D eigenvalue weighted by Crippen LogP contribution is 2.37. The van der Waals surface area contributed by atoms with Gasteiger partial charge in [-0.15, -0.1) is 11.3 Å². The first kappa shape index (κ1) is 19.7. The van der Waals surface area contributed by atoms with E-state index in [0.717, 1.165) is 23.1 Å². The van der Waals surface area contributed by atoms with Crippen molar-refractivity contribution in [1.82, 2.24) is 9.97 Å². The van der Waals surface area contributed by atoms with Crippen molar-refractivity contribution in [3.05, 3.63) is 51.7 Å². The maximum atomic E-state index is 13.7. The van der Waals surface area contributed by atoms with Gasteiger partial charge in [0, 0.05) is 6.61 Å². The summed E-state index contributed by atoms with van der Waals surface area (Å²) in [5.74, 6) is -1.08. The summed E-state index contributed by atoms with van der Waals surface area (Å²) in [5, 5.41) is 4.13. The Kier molecular flexibility index (Phi) is 5.18. The molecule has 1 aromatic carbocycles. The predicted octanol–water partition coefficient (Wildman–Crippen LogP) is 4.32. The summed E-state index contributed by atoms with van der Waals surface area (Å²) in [7, 11) is 1.34. The molecule has 29 heavy (non-hydrogen) atoms. The van der Waals surface area contributed by atoms with Crippen LogP contribution in [0, 0.1) is 25.5 Å². The van der Waals surface area contributed by atoms with Gasteiger partial charge in [0.2, 0.25) is 0 Å². The number of hydrogen-bond acceptors (Lipinski definition) is 7. The summed E-state index contributed by atoms with van der Waals surface area (Å²) < 4.78 is 37.7. The Bertz CT molecular complexity index is 1100. The zero-order valence-corrected chi connectivity index (χ0v) is 16.9. The minimum absolute atomic E-state index is 0.196. The van der Waals surface area contributed by atoms with Gasteiger partial charge >= 0.3 is 5.97 Å². The van der Waals surface area contributed by atoms with Crippen molar-refractivity contribution in [3.63, 3.8) is 0 Å². The minimum atomic E-state index is -0.909. The zero-order chi connectivity index (χ0) is 20.7. The van der Waals surface area contributed by atoms with Gasteiger partial charge in [-0.1, -0.05) is 6.07 Å². The Morgan fingerprint density at radius 2 is 2.07 bits per heavy atom. The monoisotopic (exact) mass is 419 g/mol.